The fraction of sp³-hybridized carbons (Fsp3) is 0.600. The number of rotatable bonds is 5. The zero-order valence-corrected chi connectivity index (χ0v) is 14.1. The summed E-state index contributed by atoms with van der Waals surface area (Å²) in [5.41, 5.74) is 0.675. The number of nitrogens with one attached hydrogen (secondary N) is 1. The Balaban J connectivity index is 2.30. The van der Waals surface area contributed by atoms with E-state index in [0.717, 1.165) is 0 Å². The Morgan fingerprint density at radius 2 is 2.18 bits per heavy atom. The molecule has 2 rings (SSSR count). The fourth-order valence-corrected chi connectivity index (χ4v) is 4.43. The highest BCUT2D eigenvalue weighted by Gasteiger charge is 2.36. The minimum absolute atomic E-state index is 0.246. The molecule has 1 fully saturated rings. The lowest BCUT2D eigenvalue weighted by Crippen LogP contribution is -2.53. The Kier molecular flexibility index (Phi) is 5.55. The Hall–Kier alpha value is -1.02. The summed E-state index contributed by atoms with van der Waals surface area (Å²) in [6.45, 7) is 5.88. The second-order valence-corrected chi connectivity index (χ2v) is 8.06. The van der Waals surface area contributed by atoms with Crippen LogP contribution in [0.5, 0.6) is 0 Å². The van der Waals surface area contributed by atoms with E-state index >= 15 is 0 Å². The van der Waals surface area contributed by atoms with Gasteiger partial charge in [0, 0.05) is 33.2 Å². The molecule has 0 aromatic heterocycles. The fourth-order valence-electron chi connectivity index (χ4n) is 2.75. The summed E-state index contributed by atoms with van der Waals surface area (Å²) in [5, 5.41) is 3.19. The van der Waals surface area contributed by atoms with E-state index < -0.39 is 10.2 Å². The second kappa shape index (κ2) is 7.04. The van der Waals surface area contributed by atoms with Crippen molar-refractivity contribution in [2.75, 3.05) is 33.2 Å². The second-order valence-electron chi connectivity index (χ2n) is 6.07. The van der Waals surface area contributed by atoms with E-state index in [2.05, 4.69) is 5.32 Å². The first-order valence-electron chi connectivity index (χ1n) is 7.51. The molecule has 1 N–H and O–H groups in total. The monoisotopic (exact) mass is 329 g/mol. The van der Waals surface area contributed by atoms with Crippen LogP contribution in [0.3, 0.4) is 0 Å². The van der Waals surface area contributed by atoms with Crippen LogP contribution < -0.4 is 5.32 Å². The van der Waals surface area contributed by atoms with E-state index in [-0.39, 0.29) is 17.8 Å². The molecule has 1 aromatic carbocycles. The lowest BCUT2D eigenvalue weighted by Gasteiger charge is -2.38. The van der Waals surface area contributed by atoms with Crippen LogP contribution in [0.2, 0.25) is 0 Å². The van der Waals surface area contributed by atoms with Gasteiger partial charge >= 0.3 is 0 Å². The SMILES string of the molecule is CC(C)CN(C)S(=O)(=O)N1CCNCC1c1cccc(F)c1. The third-order valence-corrected chi connectivity index (χ3v) is 5.71. The molecule has 7 heteroatoms. The summed E-state index contributed by atoms with van der Waals surface area (Å²) in [4.78, 5) is 0. The number of hydrogen-bond donors (Lipinski definition) is 1. The van der Waals surface area contributed by atoms with Crippen molar-refractivity contribution in [1.82, 2.24) is 13.9 Å². The van der Waals surface area contributed by atoms with Crippen molar-refractivity contribution >= 4 is 10.2 Å². The largest absolute Gasteiger partial charge is 0.313 e. The van der Waals surface area contributed by atoms with E-state index in [1.165, 1.54) is 20.7 Å². The van der Waals surface area contributed by atoms with Crippen LogP contribution in [0.4, 0.5) is 4.39 Å². The Morgan fingerprint density at radius 1 is 1.45 bits per heavy atom. The molecule has 5 nitrogen and oxygen atoms in total. The number of halogens is 1. The van der Waals surface area contributed by atoms with Crippen molar-refractivity contribution in [2.24, 2.45) is 5.92 Å². The molecular formula is C15H24FN3O2S. The van der Waals surface area contributed by atoms with Gasteiger partial charge in [-0.15, -0.1) is 0 Å². The molecule has 0 radical (unpaired) electrons. The highest BCUT2D eigenvalue weighted by atomic mass is 32.2. The van der Waals surface area contributed by atoms with Gasteiger partial charge in [0.15, 0.2) is 0 Å². The maximum Gasteiger partial charge on any atom is 0.282 e. The van der Waals surface area contributed by atoms with Gasteiger partial charge in [-0.25, -0.2) is 4.39 Å². The van der Waals surface area contributed by atoms with Gasteiger partial charge in [-0.1, -0.05) is 26.0 Å². The molecule has 0 amide bonds. The average Bonchev–Trinajstić information content (AvgIpc) is 2.46. The molecule has 22 heavy (non-hydrogen) atoms. The average molecular weight is 329 g/mol. The Morgan fingerprint density at radius 3 is 2.82 bits per heavy atom. The molecule has 124 valence electrons. The topological polar surface area (TPSA) is 52.7 Å². The number of benzene rings is 1. The highest BCUT2D eigenvalue weighted by Crippen LogP contribution is 2.27. The van der Waals surface area contributed by atoms with Crippen LogP contribution in [0.25, 0.3) is 0 Å². The van der Waals surface area contributed by atoms with Gasteiger partial charge in [0.05, 0.1) is 6.04 Å². The first-order chi connectivity index (χ1) is 10.3. The Bertz CT molecular complexity index is 607. The molecule has 0 saturated carbocycles. The van der Waals surface area contributed by atoms with Crippen LogP contribution >= 0.6 is 0 Å². The first-order valence-corrected chi connectivity index (χ1v) is 8.91. The zero-order valence-electron chi connectivity index (χ0n) is 13.3. The van der Waals surface area contributed by atoms with Crippen LogP contribution in [-0.4, -0.2) is 50.3 Å². The molecule has 1 atom stereocenters. The summed E-state index contributed by atoms with van der Waals surface area (Å²) < 4.78 is 42.0. The van der Waals surface area contributed by atoms with Gasteiger partial charge in [-0.3, -0.25) is 0 Å². The van der Waals surface area contributed by atoms with Crippen LogP contribution in [0.1, 0.15) is 25.5 Å². The van der Waals surface area contributed by atoms with E-state index in [9.17, 15) is 12.8 Å². The summed E-state index contributed by atoms with van der Waals surface area (Å²) in [6.07, 6.45) is 0. The van der Waals surface area contributed by atoms with Crippen molar-refractivity contribution in [3.05, 3.63) is 35.6 Å². The third-order valence-electron chi connectivity index (χ3n) is 3.74. The van der Waals surface area contributed by atoms with Crippen LogP contribution in [0.15, 0.2) is 24.3 Å². The van der Waals surface area contributed by atoms with Gasteiger partial charge in [0.2, 0.25) is 0 Å². The van der Waals surface area contributed by atoms with E-state index in [0.29, 0.717) is 31.7 Å². The third kappa shape index (κ3) is 3.84. The lowest BCUT2D eigenvalue weighted by atomic mass is 10.1. The number of nitrogens with zero attached hydrogens (tertiary/aromatic N) is 2. The summed E-state index contributed by atoms with van der Waals surface area (Å²) in [5.74, 6) is -0.105. The van der Waals surface area contributed by atoms with E-state index in [1.54, 1.807) is 19.2 Å². The van der Waals surface area contributed by atoms with Crippen molar-refractivity contribution < 1.29 is 12.8 Å². The molecule has 0 spiro atoms. The molecule has 1 heterocycles. The first kappa shape index (κ1) is 17.3. The zero-order chi connectivity index (χ0) is 16.3. The Labute approximate surface area is 132 Å². The molecule has 0 bridgehead atoms. The van der Waals surface area contributed by atoms with Gasteiger partial charge < -0.3 is 5.32 Å². The normalized spacial score (nSPS) is 20.7. The summed E-state index contributed by atoms with van der Waals surface area (Å²) >= 11 is 0. The highest BCUT2D eigenvalue weighted by molar-refractivity contribution is 7.86. The molecule has 1 unspecified atom stereocenters. The van der Waals surface area contributed by atoms with Crippen molar-refractivity contribution in [3.63, 3.8) is 0 Å². The van der Waals surface area contributed by atoms with Crippen molar-refractivity contribution in [1.29, 1.82) is 0 Å². The lowest BCUT2D eigenvalue weighted by molar-refractivity contribution is 0.248. The van der Waals surface area contributed by atoms with Crippen LogP contribution in [0, 0.1) is 11.7 Å². The van der Waals surface area contributed by atoms with Crippen molar-refractivity contribution in [3.8, 4) is 0 Å². The smallest absolute Gasteiger partial charge is 0.282 e. The minimum Gasteiger partial charge on any atom is -0.313 e. The van der Waals surface area contributed by atoms with Crippen LogP contribution in [-0.2, 0) is 10.2 Å². The maximum atomic E-state index is 13.5. The van der Waals surface area contributed by atoms with Gasteiger partial charge in [0.25, 0.3) is 10.2 Å². The van der Waals surface area contributed by atoms with Crippen molar-refractivity contribution in [2.45, 2.75) is 19.9 Å². The molecule has 1 saturated heterocycles. The molecule has 1 aliphatic heterocycles. The molecule has 0 aliphatic carbocycles. The summed E-state index contributed by atoms with van der Waals surface area (Å²) in [6, 6.07) is 5.77. The molecule has 1 aliphatic rings. The minimum atomic E-state index is -3.56. The predicted octanol–water partition coefficient (Wildman–Crippen LogP) is 1.60. The van der Waals surface area contributed by atoms with E-state index in [4.69, 9.17) is 0 Å². The van der Waals surface area contributed by atoms with Gasteiger partial charge in [-0.05, 0) is 23.6 Å². The van der Waals surface area contributed by atoms with E-state index in [1.807, 2.05) is 13.8 Å². The molecular weight excluding hydrogens is 305 g/mol. The number of piperazine rings is 1. The van der Waals surface area contributed by atoms with Gasteiger partial charge in [-0.2, -0.15) is 17.0 Å². The summed E-state index contributed by atoms with van der Waals surface area (Å²) in [7, 11) is -1.97. The standard InChI is InChI=1S/C15H24FN3O2S/c1-12(2)11-18(3)22(20,21)19-8-7-17-10-15(19)13-5-4-6-14(16)9-13/h4-6,9,12,15,17H,7-8,10-11H2,1-3H3. The van der Waals surface area contributed by atoms with Gasteiger partial charge in [0.1, 0.15) is 5.82 Å². The number of hydrogen-bond acceptors (Lipinski definition) is 3. The maximum absolute atomic E-state index is 13.5. The predicted molar refractivity (Wildman–Crippen MR) is 85.1 cm³/mol. The quantitative estimate of drug-likeness (QED) is 0.893. The molecule has 1 aromatic rings.